The molecule has 6 heteroatoms. The summed E-state index contributed by atoms with van der Waals surface area (Å²) >= 11 is -2.18. The summed E-state index contributed by atoms with van der Waals surface area (Å²) in [5, 5.41) is 13.0. The third-order valence-corrected chi connectivity index (χ3v) is 4.22. The molecular weight excluding hydrogens is 594 g/mol. The van der Waals surface area contributed by atoms with Crippen LogP contribution >= 0.6 is 27.6 Å². The van der Waals surface area contributed by atoms with Crippen LogP contribution in [0.1, 0.15) is 5.56 Å². The van der Waals surface area contributed by atoms with E-state index in [1.54, 1.807) is 6.21 Å². The quantitative estimate of drug-likeness (QED) is 0.234. The fourth-order valence-electron chi connectivity index (χ4n) is 3.01. The van der Waals surface area contributed by atoms with E-state index in [1.165, 1.54) is 0 Å². The van der Waals surface area contributed by atoms with Crippen LogP contribution in [-0.4, -0.2) is 11.3 Å². The van der Waals surface area contributed by atoms with Crippen molar-refractivity contribution in [2.75, 3.05) is 0 Å². The van der Waals surface area contributed by atoms with Crippen LogP contribution in [0.5, 0.6) is 5.75 Å². The summed E-state index contributed by atoms with van der Waals surface area (Å²) in [5.74, 6) is 0.254. The van der Waals surface area contributed by atoms with Crippen molar-refractivity contribution in [2.24, 2.45) is 4.99 Å². The molecule has 0 bridgehead atoms. The molecule has 0 saturated heterocycles. The molecule has 0 radical (unpaired) electrons. The van der Waals surface area contributed by atoms with Gasteiger partial charge >= 0.3 is 42.8 Å². The molecule has 0 aliphatic rings. The number of para-hydroxylation sites is 1. The number of nitrogens with zero attached hydrogens (tertiary/aromatic N) is 1. The number of hydrogen-bond donors (Lipinski definition) is 1. The molecule has 4 aromatic carbocycles. The van der Waals surface area contributed by atoms with Gasteiger partial charge in [0, 0.05) is 17.3 Å². The van der Waals surface area contributed by atoms with Gasteiger partial charge in [0.25, 0.3) is 0 Å². The van der Waals surface area contributed by atoms with Gasteiger partial charge in [0.1, 0.15) is 5.75 Å². The van der Waals surface area contributed by atoms with Gasteiger partial charge < -0.3 is 5.11 Å². The Morgan fingerprint density at radius 1 is 0.759 bits per heavy atom. The van der Waals surface area contributed by atoms with E-state index in [0.717, 1.165) is 27.6 Å². The Hall–Kier alpha value is -1.78. The molecule has 146 valence electrons. The van der Waals surface area contributed by atoms with Crippen molar-refractivity contribution in [3.05, 3.63) is 96.6 Å². The van der Waals surface area contributed by atoms with Gasteiger partial charge in [-0.2, -0.15) is 0 Å². The number of phenolic OH excluding ortho intramolecular Hbond substituents is 1. The van der Waals surface area contributed by atoms with E-state index in [1.807, 2.05) is 84.9 Å². The van der Waals surface area contributed by atoms with Crippen LogP contribution in [0, 0.1) is 0 Å². The predicted octanol–water partition coefficient (Wildman–Crippen LogP) is 8.03. The summed E-state index contributed by atoms with van der Waals surface area (Å²) in [7, 11) is 15.0. The van der Waals surface area contributed by atoms with E-state index in [0.29, 0.717) is 5.56 Å². The average molecular weight is 611 g/mol. The third-order valence-electron chi connectivity index (χ3n) is 4.22. The predicted molar refractivity (Wildman–Crippen MR) is 122 cm³/mol. The summed E-state index contributed by atoms with van der Waals surface area (Å²) in [5.41, 5.74) is 3.40. The number of rotatable bonds is 3. The van der Waals surface area contributed by atoms with Gasteiger partial charge in [-0.15, -0.1) is 0 Å². The van der Waals surface area contributed by atoms with E-state index in [9.17, 15) is 5.11 Å². The van der Waals surface area contributed by atoms with Crippen LogP contribution in [-0.2, 0) is 15.2 Å². The van der Waals surface area contributed by atoms with Crippen molar-refractivity contribution >= 4 is 50.2 Å². The molecule has 0 aliphatic heterocycles. The molecule has 0 amide bonds. The number of hydrogen-bond acceptors (Lipinski definition) is 2. The fraction of sp³-hybridized carbons (Fsp3) is 0. The Morgan fingerprint density at radius 2 is 1.31 bits per heavy atom. The zero-order valence-electron chi connectivity index (χ0n) is 15.2. The van der Waals surface area contributed by atoms with Crippen molar-refractivity contribution in [2.45, 2.75) is 0 Å². The van der Waals surface area contributed by atoms with Crippen LogP contribution < -0.4 is 0 Å². The van der Waals surface area contributed by atoms with Crippen LogP contribution in [0.4, 0.5) is 5.69 Å². The molecule has 1 N–H and O–H groups in total. The van der Waals surface area contributed by atoms with Gasteiger partial charge in [0.2, 0.25) is 0 Å². The second-order valence-corrected chi connectivity index (χ2v) is 20.0. The Balaban J connectivity index is 0.000000552. The topological polar surface area (TPSA) is 32.6 Å². The summed E-state index contributed by atoms with van der Waals surface area (Å²) in [6, 6.07) is 29.8. The molecule has 4 aromatic rings. The molecule has 2 nitrogen and oxygen atoms in total. The van der Waals surface area contributed by atoms with E-state index in [4.69, 9.17) is 27.6 Å². The van der Waals surface area contributed by atoms with Crippen molar-refractivity contribution in [3.8, 4) is 16.9 Å². The Bertz CT molecular complexity index is 1100. The van der Waals surface area contributed by atoms with Crippen LogP contribution in [0.15, 0.2) is 96.0 Å². The van der Waals surface area contributed by atoms with Crippen molar-refractivity contribution in [1.29, 1.82) is 0 Å². The van der Waals surface area contributed by atoms with E-state index < -0.39 is 15.2 Å². The number of halogens is 3. The second-order valence-electron chi connectivity index (χ2n) is 6.06. The summed E-state index contributed by atoms with van der Waals surface area (Å²) in [4.78, 5) is 4.49. The zero-order chi connectivity index (χ0) is 20.6. The Morgan fingerprint density at radius 3 is 1.97 bits per heavy atom. The molecule has 0 atom stereocenters. The molecule has 0 heterocycles. The molecule has 0 fully saturated rings. The van der Waals surface area contributed by atoms with Gasteiger partial charge in [0.05, 0.1) is 5.69 Å². The minimum atomic E-state index is -2.18. The first kappa shape index (κ1) is 21.9. The fourth-order valence-corrected chi connectivity index (χ4v) is 3.01. The summed E-state index contributed by atoms with van der Waals surface area (Å²) < 4.78 is 0. The molecule has 0 unspecified atom stereocenters. The van der Waals surface area contributed by atoms with Crippen LogP contribution in [0.2, 0.25) is 0 Å². The summed E-state index contributed by atoms with van der Waals surface area (Å²) in [6.07, 6.45) is 1.73. The number of fused-ring (bicyclic) bond motifs is 1. The van der Waals surface area contributed by atoms with Crippen LogP contribution in [0.25, 0.3) is 21.9 Å². The van der Waals surface area contributed by atoms with Crippen molar-refractivity contribution in [1.82, 2.24) is 0 Å². The number of aromatic hydroxyl groups is 1. The first-order valence-electron chi connectivity index (χ1n) is 8.73. The molecular formula is C23H17Cl3NOTa. The zero-order valence-corrected chi connectivity index (χ0v) is 20.7. The number of phenols is 1. The van der Waals surface area contributed by atoms with Crippen molar-refractivity contribution in [3.63, 3.8) is 0 Å². The van der Waals surface area contributed by atoms with Gasteiger partial charge in [-0.25, -0.2) is 0 Å². The molecule has 0 saturated carbocycles. The van der Waals surface area contributed by atoms with Gasteiger partial charge in [0.15, 0.2) is 0 Å². The van der Waals surface area contributed by atoms with Crippen molar-refractivity contribution < 1.29 is 20.3 Å². The van der Waals surface area contributed by atoms with E-state index >= 15 is 0 Å². The molecule has 0 aliphatic carbocycles. The van der Waals surface area contributed by atoms with Gasteiger partial charge in [-0.05, 0) is 34.5 Å². The van der Waals surface area contributed by atoms with Gasteiger partial charge in [-0.3, -0.25) is 4.99 Å². The first-order chi connectivity index (χ1) is 14.1. The van der Waals surface area contributed by atoms with E-state index in [2.05, 4.69) is 11.1 Å². The maximum absolute atomic E-state index is 10.9. The number of aliphatic imine (C=N–C) groups is 1. The maximum atomic E-state index is 10.9. The standard InChI is InChI=1S/C23H17NO.3ClH.Ta/c25-23-19(16-24-20-12-5-2-6-13-20)15-18-11-7-8-14-21(18)22(23)17-9-3-1-4-10-17;;;;/h1-16,25H;3*1H;/q;;;;+3/p-3. The minimum absolute atomic E-state index is 0.254. The summed E-state index contributed by atoms with van der Waals surface area (Å²) in [6.45, 7) is 0. The van der Waals surface area contributed by atoms with E-state index in [-0.39, 0.29) is 5.75 Å². The Kier molecular flexibility index (Phi) is 8.19. The second kappa shape index (κ2) is 10.8. The molecule has 0 spiro atoms. The van der Waals surface area contributed by atoms with Gasteiger partial charge in [-0.1, -0.05) is 72.8 Å². The third kappa shape index (κ3) is 6.10. The monoisotopic (exact) mass is 609 g/mol. The SMILES string of the molecule is Oc1c(C=Nc2ccccc2)cc2ccccc2c1-c1ccccc1.[Cl][Ta]([Cl])[Cl]. The molecule has 29 heavy (non-hydrogen) atoms. The molecule has 4 rings (SSSR count). The van der Waals surface area contributed by atoms with Crippen LogP contribution in [0.3, 0.4) is 0 Å². The Labute approximate surface area is 188 Å². The normalized spacial score (nSPS) is 10.9. The number of benzene rings is 4. The molecule has 0 aromatic heterocycles. The average Bonchev–Trinajstić information content (AvgIpc) is 2.73. The first-order valence-corrected chi connectivity index (χ1v) is 20.7.